The maximum absolute atomic E-state index is 13.1. The number of sulfonamides is 1. The van der Waals surface area contributed by atoms with Crippen molar-refractivity contribution < 1.29 is 35.9 Å². The van der Waals surface area contributed by atoms with E-state index in [1.54, 1.807) is 36.4 Å². The van der Waals surface area contributed by atoms with Crippen LogP contribution >= 0.6 is 0 Å². The first-order valence-corrected chi connectivity index (χ1v) is 12.7. The van der Waals surface area contributed by atoms with Crippen molar-refractivity contribution in [2.45, 2.75) is 31.7 Å². The van der Waals surface area contributed by atoms with Gasteiger partial charge in [0.1, 0.15) is 5.75 Å². The minimum atomic E-state index is -5.74. The van der Waals surface area contributed by atoms with Crippen molar-refractivity contribution in [2.75, 3.05) is 22.5 Å². The van der Waals surface area contributed by atoms with Crippen molar-refractivity contribution in [1.29, 1.82) is 0 Å². The minimum absolute atomic E-state index is 0.0455. The molecule has 3 N–H and O–H groups in total. The minimum Gasteiger partial charge on any atom is -0.497 e. The normalized spacial score (nSPS) is 12.0. The molecule has 0 saturated carbocycles. The molecule has 0 fully saturated rings. The van der Waals surface area contributed by atoms with Crippen molar-refractivity contribution >= 4 is 38.9 Å². The van der Waals surface area contributed by atoms with Gasteiger partial charge < -0.3 is 15.4 Å². The van der Waals surface area contributed by atoms with Crippen LogP contribution in [0.15, 0.2) is 66.7 Å². The van der Waals surface area contributed by atoms with E-state index in [9.17, 15) is 31.2 Å². The molecular formula is C26H26F3N3O5S. The molecule has 2 amide bonds. The Balaban J connectivity index is 1.94. The van der Waals surface area contributed by atoms with E-state index in [2.05, 4.69) is 10.6 Å². The molecule has 0 aromatic heterocycles. The van der Waals surface area contributed by atoms with Crippen LogP contribution < -0.4 is 20.1 Å². The van der Waals surface area contributed by atoms with Gasteiger partial charge in [-0.15, -0.1) is 0 Å². The van der Waals surface area contributed by atoms with Crippen molar-refractivity contribution in [3.8, 4) is 5.75 Å². The Morgan fingerprint density at radius 2 is 1.37 bits per heavy atom. The average molecular weight is 550 g/mol. The molecule has 0 saturated heterocycles. The summed E-state index contributed by atoms with van der Waals surface area (Å²) in [4.78, 5) is 26.0. The number of ether oxygens (including phenoxy) is 1. The third-order valence-corrected chi connectivity index (χ3v) is 6.54. The zero-order chi connectivity index (χ0) is 28.3. The predicted octanol–water partition coefficient (Wildman–Crippen LogP) is 5.76. The van der Waals surface area contributed by atoms with Crippen LogP contribution in [0.3, 0.4) is 0 Å². The first-order chi connectivity index (χ1) is 17.6. The molecule has 0 aliphatic carbocycles. The highest BCUT2D eigenvalue weighted by molar-refractivity contribution is 7.93. The second kappa shape index (κ2) is 10.7. The van der Waals surface area contributed by atoms with Gasteiger partial charge in [0.05, 0.1) is 18.4 Å². The van der Waals surface area contributed by atoms with E-state index >= 15 is 0 Å². The summed E-state index contributed by atoms with van der Waals surface area (Å²) >= 11 is 0. The zero-order valence-corrected chi connectivity index (χ0v) is 21.8. The average Bonchev–Trinajstić information content (AvgIpc) is 2.84. The van der Waals surface area contributed by atoms with Gasteiger partial charge in [0.25, 0.3) is 11.8 Å². The third-order valence-electron chi connectivity index (χ3n) is 5.43. The van der Waals surface area contributed by atoms with Gasteiger partial charge in [0.2, 0.25) is 0 Å². The first-order valence-electron chi connectivity index (χ1n) is 11.2. The fourth-order valence-electron chi connectivity index (χ4n) is 3.31. The van der Waals surface area contributed by atoms with E-state index in [0.717, 1.165) is 23.8 Å². The summed E-state index contributed by atoms with van der Waals surface area (Å²) in [5.41, 5.74) is -4.94. The van der Waals surface area contributed by atoms with Crippen LogP contribution in [-0.2, 0) is 15.4 Å². The Morgan fingerprint density at radius 3 is 1.89 bits per heavy atom. The highest BCUT2D eigenvalue weighted by Gasteiger charge is 2.46. The first kappa shape index (κ1) is 28.5. The summed E-state index contributed by atoms with van der Waals surface area (Å²) < 4.78 is 68.2. The molecule has 12 heteroatoms. The number of carbonyl (C=O) groups is 2. The lowest BCUT2D eigenvalue weighted by Crippen LogP contribution is -2.30. The quantitative estimate of drug-likeness (QED) is 0.347. The van der Waals surface area contributed by atoms with Crippen LogP contribution in [-0.4, -0.2) is 32.9 Å². The molecule has 3 aromatic carbocycles. The highest BCUT2D eigenvalue weighted by atomic mass is 32.2. The maximum Gasteiger partial charge on any atom is 0.516 e. The fourth-order valence-corrected chi connectivity index (χ4v) is 3.86. The molecule has 0 atom stereocenters. The molecular weight excluding hydrogens is 523 g/mol. The van der Waals surface area contributed by atoms with Crippen molar-refractivity contribution in [3.05, 3.63) is 83.4 Å². The summed E-state index contributed by atoms with van der Waals surface area (Å²) in [5, 5.41) is 5.13. The molecule has 0 radical (unpaired) electrons. The van der Waals surface area contributed by atoms with Gasteiger partial charge in [-0.3, -0.25) is 14.3 Å². The Morgan fingerprint density at radius 1 is 0.789 bits per heavy atom. The smallest absolute Gasteiger partial charge is 0.497 e. The lowest BCUT2D eigenvalue weighted by Gasteiger charge is -2.19. The monoisotopic (exact) mass is 549 g/mol. The molecule has 0 bridgehead atoms. The Hall–Kier alpha value is -4.06. The number of nitrogens with one attached hydrogen (secondary N) is 3. The molecule has 0 aliphatic rings. The van der Waals surface area contributed by atoms with Crippen LogP contribution in [0, 0.1) is 0 Å². The van der Waals surface area contributed by atoms with E-state index in [4.69, 9.17) is 4.74 Å². The van der Waals surface area contributed by atoms with E-state index in [0.29, 0.717) is 11.4 Å². The van der Waals surface area contributed by atoms with E-state index in [1.165, 1.54) is 24.0 Å². The number of alkyl halides is 3. The lowest BCUT2D eigenvalue weighted by atomic mass is 9.86. The summed E-state index contributed by atoms with van der Waals surface area (Å²) in [5.74, 6) is -0.855. The number of hydrogen-bond donors (Lipinski definition) is 3. The predicted molar refractivity (Wildman–Crippen MR) is 139 cm³/mol. The molecule has 3 rings (SSSR count). The molecule has 0 heterocycles. The number of methoxy groups -OCH3 is 1. The molecule has 202 valence electrons. The molecule has 38 heavy (non-hydrogen) atoms. The van der Waals surface area contributed by atoms with Gasteiger partial charge in [-0.05, 0) is 65.6 Å². The number of amides is 2. The lowest BCUT2D eigenvalue weighted by molar-refractivity contribution is -0.0429. The van der Waals surface area contributed by atoms with E-state index in [-0.39, 0.29) is 22.2 Å². The SMILES string of the molecule is COc1ccc(NC(=O)c2cc(NS(=O)(=O)C(F)(F)F)ccc2NC(=O)c2ccc(C(C)(C)C)cc2)cc1. The van der Waals surface area contributed by atoms with Crippen LogP contribution in [0.5, 0.6) is 5.75 Å². The molecule has 0 unspecified atom stereocenters. The number of halogens is 3. The highest BCUT2D eigenvalue weighted by Crippen LogP contribution is 2.29. The molecule has 8 nitrogen and oxygen atoms in total. The van der Waals surface area contributed by atoms with E-state index in [1.807, 2.05) is 20.8 Å². The van der Waals surface area contributed by atoms with Gasteiger partial charge in [0, 0.05) is 16.9 Å². The third kappa shape index (κ3) is 6.82. The number of anilines is 3. The largest absolute Gasteiger partial charge is 0.516 e. The molecule has 0 spiro atoms. The summed E-state index contributed by atoms with van der Waals surface area (Å²) in [7, 11) is -4.27. The number of rotatable bonds is 7. The second-order valence-corrected chi connectivity index (χ2v) is 10.9. The number of hydrogen-bond acceptors (Lipinski definition) is 5. The number of benzene rings is 3. The van der Waals surface area contributed by atoms with Crippen LogP contribution in [0.2, 0.25) is 0 Å². The standard InChI is InChI=1S/C26H26F3N3O5S/c1-25(2,3)17-7-5-16(6-8-17)23(33)31-22-14-11-19(32-38(35,36)26(27,28)29)15-21(22)24(34)30-18-9-12-20(37-4)13-10-18/h5-15,32H,1-4H3,(H,30,34)(H,31,33). The van der Waals surface area contributed by atoms with Gasteiger partial charge in [-0.2, -0.15) is 21.6 Å². The van der Waals surface area contributed by atoms with Gasteiger partial charge >= 0.3 is 15.5 Å². The van der Waals surface area contributed by atoms with Crippen LogP contribution in [0.1, 0.15) is 47.1 Å². The van der Waals surface area contributed by atoms with Crippen molar-refractivity contribution in [1.82, 2.24) is 0 Å². The van der Waals surface area contributed by atoms with Crippen molar-refractivity contribution in [3.63, 3.8) is 0 Å². The van der Waals surface area contributed by atoms with E-state index < -0.39 is 33.0 Å². The van der Waals surface area contributed by atoms with Gasteiger partial charge in [0.15, 0.2) is 0 Å². The topological polar surface area (TPSA) is 114 Å². The van der Waals surface area contributed by atoms with Gasteiger partial charge in [-0.1, -0.05) is 32.9 Å². The second-order valence-electron chi connectivity index (χ2n) is 9.28. The Labute approximate surface area is 218 Å². The molecule has 3 aromatic rings. The zero-order valence-electron chi connectivity index (χ0n) is 20.9. The Bertz CT molecular complexity index is 1430. The maximum atomic E-state index is 13.1. The summed E-state index contributed by atoms with van der Waals surface area (Å²) in [6.45, 7) is 6.05. The summed E-state index contributed by atoms with van der Waals surface area (Å²) in [6, 6.07) is 16.1. The van der Waals surface area contributed by atoms with Crippen LogP contribution in [0.25, 0.3) is 0 Å². The Kier molecular flexibility index (Phi) is 8.06. The van der Waals surface area contributed by atoms with Crippen LogP contribution in [0.4, 0.5) is 30.2 Å². The summed E-state index contributed by atoms with van der Waals surface area (Å²) in [6.07, 6.45) is 0. The number of carbonyl (C=O) groups excluding carboxylic acids is 2. The fraction of sp³-hybridized carbons (Fsp3) is 0.231. The van der Waals surface area contributed by atoms with Crippen molar-refractivity contribution in [2.24, 2.45) is 0 Å². The molecule has 0 aliphatic heterocycles. The van der Waals surface area contributed by atoms with Gasteiger partial charge in [-0.25, -0.2) is 0 Å².